The molecule has 30 heavy (non-hydrogen) atoms. The average Bonchev–Trinajstić information content (AvgIpc) is 2.73. The predicted octanol–water partition coefficient (Wildman–Crippen LogP) is 2.60. The number of rotatable bonds is 6. The van der Waals surface area contributed by atoms with Crippen LogP contribution in [0, 0.1) is 0 Å². The molecule has 0 saturated carbocycles. The monoisotopic (exact) mass is 408 g/mol. The minimum atomic E-state index is -1.31. The molecule has 1 aromatic heterocycles. The summed E-state index contributed by atoms with van der Waals surface area (Å²) in [4.78, 5) is 45.0. The Kier molecular flexibility index (Phi) is 5.23. The van der Waals surface area contributed by atoms with Crippen LogP contribution >= 0.6 is 0 Å². The van der Waals surface area contributed by atoms with Gasteiger partial charge < -0.3 is 20.4 Å². The van der Waals surface area contributed by atoms with Gasteiger partial charge in [0.05, 0.1) is 33.6 Å². The van der Waals surface area contributed by atoms with Gasteiger partial charge in [-0.1, -0.05) is 0 Å². The minimum absolute atomic E-state index is 0.178. The molecule has 4 N–H and O–H groups in total. The first-order valence-corrected chi connectivity index (χ1v) is 8.23. The molecule has 150 valence electrons. The highest BCUT2D eigenvalue weighted by Gasteiger charge is 2.15. The first-order valence-electron chi connectivity index (χ1n) is 8.23. The van der Waals surface area contributed by atoms with E-state index in [9.17, 15) is 39.6 Å². The summed E-state index contributed by atoms with van der Waals surface area (Å²) in [5.41, 5.74) is -0.192. The molecule has 3 aromatic rings. The summed E-state index contributed by atoms with van der Waals surface area (Å²) >= 11 is 0. The molecule has 0 fully saturated rings. The van der Waals surface area contributed by atoms with Gasteiger partial charge >= 0.3 is 23.9 Å². The molecular formula is C20H12N2O8. The van der Waals surface area contributed by atoms with E-state index in [4.69, 9.17) is 0 Å². The number of aromatic nitrogens is 2. The van der Waals surface area contributed by atoms with Crippen LogP contribution < -0.4 is 0 Å². The Hall–Kier alpha value is -4.60. The first kappa shape index (κ1) is 20.1. The second kappa shape index (κ2) is 7.80. The van der Waals surface area contributed by atoms with Gasteiger partial charge in [-0.3, -0.25) is 0 Å². The van der Waals surface area contributed by atoms with Crippen LogP contribution in [0.25, 0.3) is 22.5 Å². The lowest BCUT2D eigenvalue weighted by Gasteiger charge is -2.07. The van der Waals surface area contributed by atoms with Crippen LogP contribution in [0.5, 0.6) is 0 Å². The number of nitrogens with zero attached hydrogens (tertiary/aromatic N) is 2. The second-order valence-electron chi connectivity index (χ2n) is 6.12. The summed E-state index contributed by atoms with van der Waals surface area (Å²) in [6, 6.07) is 9.86. The summed E-state index contributed by atoms with van der Waals surface area (Å²) in [5.74, 6) is -5.24. The molecule has 0 radical (unpaired) electrons. The van der Waals surface area contributed by atoms with Gasteiger partial charge in [-0.2, -0.15) is 0 Å². The maximum atomic E-state index is 11.2. The van der Waals surface area contributed by atoms with Gasteiger partial charge in [-0.25, -0.2) is 19.2 Å². The minimum Gasteiger partial charge on any atom is -0.478 e. The summed E-state index contributed by atoms with van der Waals surface area (Å²) in [7, 11) is 0. The van der Waals surface area contributed by atoms with E-state index < -0.39 is 23.9 Å². The molecule has 0 aliphatic heterocycles. The van der Waals surface area contributed by atoms with E-state index >= 15 is 0 Å². The third-order valence-corrected chi connectivity index (χ3v) is 4.11. The van der Waals surface area contributed by atoms with E-state index in [1.54, 1.807) is 0 Å². The summed E-state index contributed by atoms with van der Waals surface area (Å²) in [6.45, 7) is 0. The number of carboxylic acids is 4. The standard InChI is InChI=1S/C20H12N2O8/c23-17(24)11-3-9(4-12(7-11)18(25)26)15-1-2-16(22-21-15)10-5-13(19(27)28)8-14(6-10)20(29)30/h1-8H,(H,23,24)(H,25,26)(H,27,28)(H,29,30). The van der Waals surface area contributed by atoms with Crippen LogP contribution in [0.1, 0.15) is 41.4 Å². The number of carbonyl (C=O) groups is 4. The van der Waals surface area contributed by atoms with Crippen molar-refractivity contribution in [2.24, 2.45) is 0 Å². The van der Waals surface area contributed by atoms with Crippen LogP contribution in [0.15, 0.2) is 48.5 Å². The van der Waals surface area contributed by atoms with E-state index in [0.29, 0.717) is 0 Å². The molecule has 0 aliphatic rings. The Morgan fingerprint density at radius 3 is 0.967 bits per heavy atom. The molecule has 3 rings (SSSR count). The Morgan fingerprint density at radius 2 is 0.767 bits per heavy atom. The smallest absolute Gasteiger partial charge is 0.335 e. The lowest BCUT2D eigenvalue weighted by atomic mass is 10.0. The topological polar surface area (TPSA) is 175 Å². The van der Waals surface area contributed by atoms with Crippen LogP contribution in [0.2, 0.25) is 0 Å². The van der Waals surface area contributed by atoms with Gasteiger partial charge in [0.2, 0.25) is 0 Å². The normalized spacial score (nSPS) is 10.4. The van der Waals surface area contributed by atoms with Crippen molar-refractivity contribution in [3.63, 3.8) is 0 Å². The van der Waals surface area contributed by atoms with Gasteiger partial charge in [-0.05, 0) is 48.5 Å². The van der Waals surface area contributed by atoms with E-state index in [-0.39, 0.29) is 44.8 Å². The third-order valence-electron chi connectivity index (χ3n) is 4.11. The van der Waals surface area contributed by atoms with Crippen molar-refractivity contribution in [3.05, 3.63) is 70.8 Å². The molecule has 1 heterocycles. The quantitative estimate of drug-likeness (QED) is 0.474. The zero-order chi connectivity index (χ0) is 22.0. The molecule has 0 amide bonds. The molecule has 0 unspecified atom stereocenters. The van der Waals surface area contributed by atoms with E-state index in [0.717, 1.165) is 12.1 Å². The Morgan fingerprint density at radius 1 is 0.500 bits per heavy atom. The van der Waals surface area contributed by atoms with Crippen molar-refractivity contribution in [1.29, 1.82) is 0 Å². The zero-order valence-corrected chi connectivity index (χ0v) is 14.9. The number of aromatic carboxylic acids is 4. The molecular weight excluding hydrogens is 396 g/mol. The predicted molar refractivity (Wildman–Crippen MR) is 101 cm³/mol. The molecule has 0 spiro atoms. The third kappa shape index (κ3) is 4.12. The number of hydrogen-bond donors (Lipinski definition) is 4. The van der Waals surface area contributed by atoms with Crippen molar-refractivity contribution < 1.29 is 39.6 Å². The summed E-state index contributed by atoms with van der Waals surface area (Å²) in [6.07, 6.45) is 0. The Balaban J connectivity index is 2.06. The van der Waals surface area contributed by atoms with Gasteiger partial charge in [-0.15, -0.1) is 10.2 Å². The number of benzene rings is 2. The highest BCUT2D eigenvalue weighted by Crippen LogP contribution is 2.25. The largest absolute Gasteiger partial charge is 0.478 e. The molecule has 0 bridgehead atoms. The van der Waals surface area contributed by atoms with Gasteiger partial charge in [0, 0.05) is 11.1 Å². The lowest BCUT2D eigenvalue weighted by Crippen LogP contribution is -2.04. The molecule has 10 nitrogen and oxygen atoms in total. The van der Waals surface area contributed by atoms with Crippen molar-refractivity contribution in [3.8, 4) is 22.5 Å². The van der Waals surface area contributed by atoms with Crippen molar-refractivity contribution >= 4 is 23.9 Å². The fraction of sp³-hybridized carbons (Fsp3) is 0. The SMILES string of the molecule is O=C(O)c1cc(C(=O)O)cc(-c2ccc(-c3cc(C(=O)O)cc(C(=O)O)c3)nn2)c1. The van der Waals surface area contributed by atoms with Crippen LogP contribution in [0.3, 0.4) is 0 Å². The summed E-state index contributed by atoms with van der Waals surface area (Å²) in [5, 5.41) is 44.6. The van der Waals surface area contributed by atoms with Gasteiger partial charge in [0.1, 0.15) is 0 Å². The highest BCUT2D eigenvalue weighted by molar-refractivity contribution is 5.97. The zero-order valence-electron chi connectivity index (χ0n) is 14.9. The number of hydrogen-bond acceptors (Lipinski definition) is 6. The van der Waals surface area contributed by atoms with Gasteiger partial charge in [0.25, 0.3) is 0 Å². The van der Waals surface area contributed by atoms with Crippen LogP contribution in [-0.2, 0) is 0 Å². The Labute approximate surface area is 167 Å². The van der Waals surface area contributed by atoms with Crippen molar-refractivity contribution in [2.45, 2.75) is 0 Å². The maximum Gasteiger partial charge on any atom is 0.335 e. The molecule has 0 atom stereocenters. The first-order chi connectivity index (χ1) is 14.2. The van der Waals surface area contributed by atoms with Crippen LogP contribution in [0.4, 0.5) is 0 Å². The van der Waals surface area contributed by atoms with E-state index in [1.165, 1.54) is 36.4 Å². The molecule has 2 aromatic carbocycles. The number of carboxylic acid groups (broad SMARTS) is 4. The fourth-order valence-electron chi connectivity index (χ4n) is 2.69. The van der Waals surface area contributed by atoms with E-state index in [2.05, 4.69) is 10.2 Å². The van der Waals surface area contributed by atoms with Gasteiger partial charge in [0.15, 0.2) is 0 Å². The molecule has 0 aliphatic carbocycles. The van der Waals surface area contributed by atoms with Crippen molar-refractivity contribution in [1.82, 2.24) is 10.2 Å². The Bertz CT molecular complexity index is 1040. The summed E-state index contributed by atoms with van der Waals surface area (Å²) < 4.78 is 0. The van der Waals surface area contributed by atoms with Crippen molar-refractivity contribution in [2.75, 3.05) is 0 Å². The lowest BCUT2D eigenvalue weighted by molar-refractivity contribution is 0.0676. The van der Waals surface area contributed by atoms with E-state index in [1.807, 2.05) is 0 Å². The molecule has 10 heteroatoms. The van der Waals surface area contributed by atoms with Crippen LogP contribution in [-0.4, -0.2) is 54.5 Å². The fourth-order valence-corrected chi connectivity index (χ4v) is 2.69. The highest BCUT2D eigenvalue weighted by atomic mass is 16.4. The molecule has 0 saturated heterocycles. The maximum absolute atomic E-state index is 11.2. The average molecular weight is 408 g/mol. The second-order valence-corrected chi connectivity index (χ2v) is 6.12.